The molecule has 1 amide bonds. The van der Waals surface area contributed by atoms with Crippen LogP contribution in [0.3, 0.4) is 0 Å². The second-order valence-corrected chi connectivity index (χ2v) is 6.73. The van der Waals surface area contributed by atoms with Crippen LogP contribution in [0.15, 0.2) is 35.3 Å². The summed E-state index contributed by atoms with van der Waals surface area (Å²) in [7, 11) is 1.77. The summed E-state index contributed by atoms with van der Waals surface area (Å²) in [6.07, 6.45) is 7.15. The highest BCUT2D eigenvalue weighted by atomic mass is 79.9. The van der Waals surface area contributed by atoms with Gasteiger partial charge in [0.15, 0.2) is 0 Å². The minimum Gasteiger partial charge on any atom is -0.336 e. The number of aromatic nitrogens is 6. The van der Waals surface area contributed by atoms with Crippen molar-refractivity contribution in [1.82, 2.24) is 34.2 Å². The molecule has 9 heteroatoms. The molecule has 0 atom stereocenters. The first kappa shape index (κ1) is 17.4. The highest BCUT2D eigenvalue weighted by Crippen LogP contribution is 2.12. The van der Waals surface area contributed by atoms with Crippen LogP contribution in [0.2, 0.25) is 0 Å². The maximum atomic E-state index is 12.6. The van der Waals surface area contributed by atoms with Gasteiger partial charge in [-0.05, 0) is 35.8 Å². The molecule has 25 heavy (non-hydrogen) atoms. The molecule has 0 aromatic carbocycles. The molecular formula is C16H20BrN7O. The molecule has 3 rings (SSSR count). The van der Waals surface area contributed by atoms with Gasteiger partial charge in [-0.15, -0.1) is 0 Å². The Labute approximate surface area is 154 Å². The third-order valence-corrected chi connectivity index (χ3v) is 4.42. The van der Waals surface area contributed by atoms with Gasteiger partial charge in [-0.2, -0.15) is 15.3 Å². The number of halogens is 1. The van der Waals surface area contributed by atoms with Gasteiger partial charge in [0, 0.05) is 43.8 Å². The van der Waals surface area contributed by atoms with E-state index >= 15 is 0 Å². The molecule has 0 fully saturated rings. The lowest BCUT2D eigenvalue weighted by Gasteiger charge is -2.15. The molecule has 0 N–H and O–H groups in total. The summed E-state index contributed by atoms with van der Waals surface area (Å²) in [6.45, 7) is 5.83. The first-order valence-corrected chi connectivity index (χ1v) is 8.75. The fourth-order valence-corrected chi connectivity index (χ4v) is 2.93. The molecule has 8 nitrogen and oxygen atoms in total. The summed E-state index contributed by atoms with van der Waals surface area (Å²) in [5, 5.41) is 12.8. The smallest absolute Gasteiger partial charge is 0.274 e. The molecule has 0 saturated heterocycles. The van der Waals surface area contributed by atoms with Gasteiger partial charge in [0.2, 0.25) is 0 Å². The summed E-state index contributed by atoms with van der Waals surface area (Å²) in [4.78, 5) is 14.3. The zero-order valence-corrected chi connectivity index (χ0v) is 16.0. The van der Waals surface area contributed by atoms with Crippen molar-refractivity contribution in [3.8, 4) is 0 Å². The van der Waals surface area contributed by atoms with E-state index in [-0.39, 0.29) is 5.91 Å². The normalized spacial score (nSPS) is 11.0. The highest BCUT2D eigenvalue weighted by Gasteiger charge is 2.17. The number of carbonyl (C=O) groups excluding carboxylic acids is 1. The second kappa shape index (κ2) is 7.22. The molecule has 0 aliphatic carbocycles. The average molecular weight is 406 g/mol. The van der Waals surface area contributed by atoms with Crippen LogP contribution < -0.4 is 0 Å². The van der Waals surface area contributed by atoms with E-state index in [9.17, 15) is 4.79 Å². The number of nitrogens with zero attached hydrogens (tertiary/aromatic N) is 7. The van der Waals surface area contributed by atoms with Crippen molar-refractivity contribution in [2.45, 2.75) is 33.6 Å². The fourth-order valence-electron chi connectivity index (χ4n) is 2.60. The van der Waals surface area contributed by atoms with Gasteiger partial charge in [0.1, 0.15) is 12.4 Å². The predicted molar refractivity (Wildman–Crippen MR) is 96.0 cm³/mol. The van der Waals surface area contributed by atoms with E-state index in [1.54, 1.807) is 39.8 Å². The molecule has 0 bridgehead atoms. The molecule has 3 aromatic rings. The van der Waals surface area contributed by atoms with E-state index in [1.165, 1.54) is 0 Å². The van der Waals surface area contributed by atoms with Gasteiger partial charge in [0.25, 0.3) is 5.91 Å². The van der Waals surface area contributed by atoms with Gasteiger partial charge < -0.3 is 4.90 Å². The van der Waals surface area contributed by atoms with E-state index in [0.29, 0.717) is 18.9 Å². The lowest BCUT2D eigenvalue weighted by molar-refractivity contribution is 0.0778. The Morgan fingerprint density at radius 3 is 2.72 bits per heavy atom. The van der Waals surface area contributed by atoms with Crippen molar-refractivity contribution >= 4 is 21.8 Å². The van der Waals surface area contributed by atoms with Crippen molar-refractivity contribution in [2.75, 3.05) is 7.05 Å². The van der Waals surface area contributed by atoms with Crippen LogP contribution in [0.5, 0.6) is 0 Å². The largest absolute Gasteiger partial charge is 0.336 e. The first-order chi connectivity index (χ1) is 12.0. The summed E-state index contributed by atoms with van der Waals surface area (Å²) < 4.78 is 6.24. The first-order valence-electron chi connectivity index (χ1n) is 7.96. The molecule has 0 aliphatic heterocycles. The lowest BCUT2D eigenvalue weighted by atomic mass is 10.2. The molecule has 3 aromatic heterocycles. The average Bonchev–Trinajstić information content (AvgIpc) is 3.29. The molecule has 0 aliphatic rings. The number of aryl methyl sites for hydroxylation is 1. The van der Waals surface area contributed by atoms with Gasteiger partial charge >= 0.3 is 0 Å². The van der Waals surface area contributed by atoms with Crippen LogP contribution in [-0.2, 0) is 19.8 Å². The SMILES string of the molecule is CCn1ncc(CN(C)C(=O)c2ccn(Cn3cc(Br)cn3)n2)c1C. The zero-order chi connectivity index (χ0) is 18.0. The zero-order valence-electron chi connectivity index (χ0n) is 14.4. The molecule has 0 radical (unpaired) electrons. The Balaban J connectivity index is 1.66. The summed E-state index contributed by atoms with van der Waals surface area (Å²) in [5.41, 5.74) is 2.53. The Bertz CT molecular complexity index is 879. The third-order valence-electron chi connectivity index (χ3n) is 4.01. The van der Waals surface area contributed by atoms with Crippen molar-refractivity contribution in [2.24, 2.45) is 0 Å². The van der Waals surface area contributed by atoms with E-state index in [0.717, 1.165) is 22.3 Å². The van der Waals surface area contributed by atoms with E-state index < -0.39 is 0 Å². The maximum Gasteiger partial charge on any atom is 0.274 e. The van der Waals surface area contributed by atoms with Crippen LogP contribution >= 0.6 is 15.9 Å². The number of hydrogen-bond acceptors (Lipinski definition) is 4. The quantitative estimate of drug-likeness (QED) is 0.629. The predicted octanol–water partition coefficient (Wildman–Crippen LogP) is 2.14. The number of amides is 1. The van der Waals surface area contributed by atoms with Crippen LogP contribution in [0.4, 0.5) is 0 Å². The summed E-state index contributed by atoms with van der Waals surface area (Å²) >= 11 is 3.36. The Kier molecular flexibility index (Phi) is 5.03. The van der Waals surface area contributed by atoms with Gasteiger partial charge in [0.05, 0.1) is 16.9 Å². The van der Waals surface area contributed by atoms with E-state index in [1.807, 2.05) is 30.9 Å². The van der Waals surface area contributed by atoms with Crippen molar-refractivity contribution in [1.29, 1.82) is 0 Å². The van der Waals surface area contributed by atoms with Crippen molar-refractivity contribution in [3.05, 3.63) is 52.3 Å². The van der Waals surface area contributed by atoms with Gasteiger partial charge in [-0.25, -0.2) is 4.68 Å². The van der Waals surface area contributed by atoms with E-state index in [4.69, 9.17) is 0 Å². The van der Waals surface area contributed by atoms with Gasteiger partial charge in [-0.1, -0.05) is 0 Å². The van der Waals surface area contributed by atoms with E-state index in [2.05, 4.69) is 31.2 Å². The minimum atomic E-state index is -0.121. The molecule has 0 saturated carbocycles. The minimum absolute atomic E-state index is 0.121. The topological polar surface area (TPSA) is 73.8 Å². The standard InChI is InChI=1S/C16H20BrN7O/c1-4-24-12(2)13(7-19-24)9-21(3)16(25)15-5-6-22(20-15)11-23-10-14(17)8-18-23/h5-8,10H,4,9,11H2,1-3H3. The van der Waals surface area contributed by atoms with Crippen LogP contribution in [0.25, 0.3) is 0 Å². The van der Waals surface area contributed by atoms with Crippen molar-refractivity contribution < 1.29 is 4.79 Å². The maximum absolute atomic E-state index is 12.6. The molecule has 132 valence electrons. The molecular weight excluding hydrogens is 386 g/mol. The summed E-state index contributed by atoms with van der Waals surface area (Å²) in [6, 6.07) is 1.72. The number of rotatable bonds is 6. The Hall–Kier alpha value is -2.42. The van der Waals surface area contributed by atoms with Crippen molar-refractivity contribution in [3.63, 3.8) is 0 Å². The summed E-state index contributed by atoms with van der Waals surface area (Å²) in [5.74, 6) is -0.121. The molecule has 0 spiro atoms. The second-order valence-electron chi connectivity index (χ2n) is 5.81. The highest BCUT2D eigenvalue weighted by molar-refractivity contribution is 9.10. The molecule has 0 unspecified atom stereocenters. The lowest BCUT2D eigenvalue weighted by Crippen LogP contribution is -2.27. The fraction of sp³-hybridized carbons (Fsp3) is 0.375. The monoisotopic (exact) mass is 405 g/mol. The van der Waals surface area contributed by atoms with Crippen LogP contribution in [-0.4, -0.2) is 47.2 Å². The Morgan fingerprint density at radius 1 is 1.28 bits per heavy atom. The number of carbonyl (C=O) groups is 1. The Morgan fingerprint density at radius 2 is 2.08 bits per heavy atom. The molecule has 3 heterocycles. The van der Waals surface area contributed by atoms with Crippen LogP contribution in [0.1, 0.15) is 28.7 Å². The van der Waals surface area contributed by atoms with Crippen LogP contribution in [0, 0.1) is 6.92 Å². The number of hydrogen-bond donors (Lipinski definition) is 0. The third kappa shape index (κ3) is 3.81. The van der Waals surface area contributed by atoms with Gasteiger partial charge in [-0.3, -0.25) is 14.2 Å².